The van der Waals surface area contributed by atoms with Gasteiger partial charge in [-0.2, -0.15) is 8.42 Å². The number of rotatable bonds is 5. The van der Waals surface area contributed by atoms with E-state index in [4.69, 9.17) is 4.55 Å². The molecule has 74 valence electrons. The van der Waals surface area contributed by atoms with Crippen LogP contribution in [0.1, 0.15) is 12.1 Å². The number of aryl methyl sites for hydroxylation is 1. The van der Waals surface area contributed by atoms with Crippen molar-refractivity contribution in [3.05, 3.63) is 18.2 Å². The Kier molecular flexibility index (Phi) is 3.40. The zero-order valence-corrected chi connectivity index (χ0v) is 7.62. The Morgan fingerprint density at radius 1 is 1.62 bits per heavy atom. The Morgan fingerprint density at radius 3 is 2.92 bits per heavy atom. The van der Waals surface area contributed by atoms with Gasteiger partial charge in [-0.3, -0.25) is 4.55 Å². The quantitative estimate of drug-likeness (QED) is 0.529. The van der Waals surface area contributed by atoms with Crippen molar-refractivity contribution in [2.45, 2.75) is 12.8 Å². The highest BCUT2D eigenvalue weighted by atomic mass is 32.3. The molecule has 2 N–H and O–H groups in total. The summed E-state index contributed by atoms with van der Waals surface area (Å²) in [6.07, 6.45) is 4.32. The normalized spacial score (nSPS) is 11.8. The predicted octanol–water partition coefficient (Wildman–Crippen LogP) is 0.162. The van der Waals surface area contributed by atoms with Crippen LogP contribution in [0.2, 0.25) is 0 Å². The minimum Gasteiger partial charge on any atom is -0.348 e. The van der Waals surface area contributed by atoms with Crippen molar-refractivity contribution in [1.29, 1.82) is 0 Å². The lowest BCUT2D eigenvalue weighted by Crippen LogP contribution is -2.05. The fourth-order valence-corrected chi connectivity index (χ4v) is 1.18. The highest BCUT2D eigenvalue weighted by Crippen LogP contribution is 1.98. The SMILES string of the molecule is O=S(=O)(O)OCCCc1cnc[nH]1. The Labute approximate surface area is 75.9 Å². The van der Waals surface area contributed by atoms with Crippen molar-refractivity contribution >= 4 is 10.4 Å². The Balaban J connectivity index is 2.16. The van der Waals surface area contributed by atoms with Crippen molar-refractivity contribution in [3.63, 3.8) is 0 Å². The second-order valence-corrected chi connectivity index (χ2v) is 3.52. The molecule has 0 bridgehead atoms. The first-order valence-electron chi connectivity index (χ1n) is 3.67. The fraction of sp³-hybridized carbons (Fsp3) is 0.500. The van der Waals surface area contributed by atoms with Crippen molar-refractivity contribution < 1.29 is 17.2 Å². The van der Waals surface area contributed by atoms with E-state index in [1.807, 2.05) is 0 Å². The van der Waals surface area contributed by atoms with Crippen LogP contribution in [0.4, 0.5) is 0 Å². The van der Waals surface area contributed by atoms with Crippen LogP contribution in [-0.2, 0) is 21.0 Å². The summed E-state index contributed by atoms with van der Waals surface area (Å²) in [5.41, 5.74) is 0.902. The van der Waals surface area contributed by atoms with Crippen molar-refractivity contribution in [3.8, 4) is 0 Å². The Bertz CT molecular complexity index is 332. The topological polar surface area (TPSA) is 92.3 Å². The largest absolute Gasteiger partial charge is 0.397 e. The van der Waals surface area contributed by atoms with E-state index in [9.17, 15) is 8.42 Å². The molecule has 0 saturated carbocycles. The molecule has 0 aromatic carbocycles. The van der Waals surface area contributed by atoms with Gasteiger partial charge in [-0.05, 0) is 12.8 Å². The molecule has 0 spiro atoms. The summed E-state index contributed by atoms with van der Waals surface area (Å²) < 4.78 is 32.5. The molecule has 0 amide bonds. The van der Waals surface area contributed by atoms with Gasteiger partial charge in [-0.15, -0.1) is 0 Å². The van der Waals surface area contributed by atoms with E-state index in [1.165, 1.54) is 0 Å². The second-order valence-electron chi connectivity index (χ2n) is 2.43. The van der Waals surface area contributed by atoms with E-state index in [1.54, 1.807) is 12.5 Å². The zero-order valence-electron chi connectivity index (χ0n) is 6.80. The molecule has 6 nitrogen and oxygen atoms in total. The standard InChI is InChI=1S/C6H10N2O4S/c9-13(10,11)12-3-1-2-6-4-7-5-8-6/h4-5H,1-3H2,(H,7,8)(H,9,10,11). The number of hydrogen-bond acceptors (Lipinski definition) is 4. The first kappa shape index (κ1) is 10.2. The molecule has 0 aliphatic carbocycles. The molecule has 7 heteroatoms. The minimum atomic E-state index is -4.29. The van der Waals surface area contributed by atoms with E-state index >= 15 is 0 Å². The third-order valence-corrected chi connectivity index (χ3v) is 1.84. The molecular weight excluding hydrogens is 196 g/mol. The third kappa shape index (κ3) is 4.61. The van der Waals surface area contributed by atoms with Gasteiger partial charge in [0.25, 0.3) is 0 Å². The monoisotopic (exact) mass is 206 g/mol. The van der Waals surface area contributed by atoms with Crippen LogP contribution in [0, 0.1) is 0 Å². The number of H-pyrrole nitrogens is 1. The van der Waals surface area contributed by atoms with Crippen LogP contribution < -0.4 is 0 Å². The molecule has 1 rings (SSSR count). The number of aromatic amines is 1. The average Bonchev–Trinajstić information content (AvgIpc) is 2.48. The molecule has 0 radical (unpaired) electrons. The summed E-state index contributed by atoms with van der Waals surface area (Å²) >= 11 is 0. The molecular formula is C6H10N2O4S. The van der Waals surface area contributed by atoms with Crippen molar-refractivity contribution in [1.82, 2.24) is 9.97 Å². The lowest BCUT2D eigenvalue weighted by atomic mass is 10.3. The first-order valence-corrected chi connectivity index (χ1v) is 5.03. The molecule has 1 aromatic heterocycles. The molecule has 1 heterocycles. The summed E-state index contributed by atoms with van der Waals surface area (Å²) in [6, 6.07) is 0. The second kappa shape index (κ2) is 4.35. The zero-order chi connectivity index (χ0) is 9.73. The van der Waals surface area contributed by atoms with Crippen LogP contribution in [0.15, 0.2) is 12.5 Å². The van der Waals surface area contributed by atoms with Crippen LogP contribution >= 0.6 is 0 Å². The highest BCUT2D eigenvalue weighted by molar-refractivity contribution is 7.80. The number of imidazole rings is 1. The number of hydrogen-bond donors (Lipinski definition) is 2. The molecule has 0 aliphatic heterocycles. The van der Waals surface area contributed by atoms with Gasteiger partial charge in [-0.25, -0.2) is 9.17 Å². The van der Waals surface area contributed by atoms with Gasteiger partial charge in [-0.1, -0.05) is 0 Å². The van der Waals surface area contributed by atoms with Gasteiger partial charge in [0.15, 0.2) is 0 Å². The first-order chi connectivity index (χ1) is 6.08. The van der Waals surface area contributed by atoms with Gasteiger partial charge >= 0.3 is 10.4 Å². The fourth-order valence-electron chi connectivity index (χ4n) is 0.848. The summed E-state index contributed by atoms with van der Waals surface area (Å²) in [7, 11) is -4.29. The maximum absolute atomic E-state index is 10.1. The Hall–Kier alpha value is -0.920. The summed E-state index contributed by atoms with van der Waals surface area (Å²) in [4.78, 5) is 6.64. The van der Waals surface area contributed by atoms with Gasteiger partial charge in [0, 0.05) is 11.9 Å². The van der Waals surface area contributed by atoms with Crippen LogP contribution in [-0.4, -0.2) is 29.5 Å². The maximum atomic E-state index is 10.1. The van der Waals surface area contributed by atoms with E-state index < -0.39 is 10.4 Å². The number of nitrogens with one attached hydrogen (secondary N) is 1. The van der Waals surface area contributed by atoms with Gasteiger partial charge < -0.3 is 4.98 Å². The molecule has 13 heavy (non-hydrogen) atoms. The summed E-state index contributed by atoms with van der Waals surface area (Å²) in [6.45, 7) is -0.0299. The summed E-state index contributed by atoms with van der Waals surface area (Å²) in [5, 5.41) is 0. The predicted molar refractivity (Wildman–Crippen MR) is 44.4 cm³/mol. The minimum absolute atomic E-state index is 0.0299. The third-order valence-electron chi connectivity index (χ3n) is 1.38. The van der Waals surface area contributed by atoms with Crippen LogP contribution in [0.3, 0.4) is 0 Å². The Morgan fingerprint density at radius 2 is 2.38 bits per heavy atom. The van der Waals surface area contributed by atoms with E-state index in [0.717, 1.165) is 5.69 Å². The van der Waals surface area contributed by atoms with Crippen LogP contribution in [0.5, 0.6) is 0 Å². The van der Waals surface area contributed by atoms with Crippen LogP contribution in [0.25, 0.3) is 0 Å². The van der Waals surface area contributed by atoms with Crippen molar-refractivity contribution in [2.24, 2.45) is 0 Å². The molecule has 0 atom stereocenters. The van der Waals surface area contributed by atoms with Gasteiger partial charge in [0.2, 0.25) is 0 Å². The molecule has 0 fully saturated rings. The number of aromatic nitrogens is 2. The summed E-state index contributed by atoms with van der Waals surface area (Å²) in [5.74, 6) is 0. The average molecular weight is 206 g/mol. The molecule has 0 saturated heterocycles. The lowest BCUT2D eigenvalue weighted by molar-refractivity contribution is 0.265. The van der Waals surface area contributed by atoms with Crippen molar-refractivity contribution in [2.75, 3.05) is 6.61 Å². The highest BCUT2D eigenvalue weighted by Gasteiger charge is 2.03. The molecule has 1 aromatic rings. The smallest absolute Gasteiger partial charge is 0.348 e. The molecule has 0 aliphatic rings. The van der Waals surface area contributed by atoms with E-state index in [2.05, 4.69) is 14.2 Å². The number of nitrogens with zero attached hydrogens (tertiary/aromatic N) is 1. The molecule has 0 unspecified atom stereocenters. The van der Waals surface area contributed by atoms with Gasteiger partial charge in [0.1, 0.15) is 0 Å². The van der Waals surface area contributed by atoms with E-state index in [0.29, 0.717) is 12.8 Å². The maximum Gasteiger partial charge on any atom is 0.397 e. The van der Waals surface area contributed by atoms with E-state index in [-0.39, 0.29) is 6.61 Å². The lowest BCUT2D eigenvalue weighted by Gasteiger charge is -1.98. The van der Waals surface area contributed by atoms with Gasteiger partial charge in [0.05, 0.1) is 12.9 Å².